The average molecular weight is 767 g/mol. The summed E-state index contributed by atoms with van der Waals surface area (Å²) in [4.78, 5) is 48.5. The van der Waals surface area contributed by atoms with Gasteiger partial charge in [0.2, 0.25) is 0 Å². The van der Waals surface area contributed by atoms with E-state index in [4.69, 9.17) is 0 Å². The van der Waals surface area contributed by atoms with Crippen LogP contribution in [0.5, 0.6) is 0 Å². The molecule has 8 aliphatic carbocycles. The van der Waals surface area contributed by atoms with Crippen LogP contribution in [0.2, 0.25) is 0 Å². The molecule has 0 unspecified atom stereocenters. The Morgan fingerprint density at radius 3 is 2.04 bits per heavy atom. The van der Waals surface area contributed by atoms with Gasteiger partial charge in [0.25, 0.3) is 0 Å². The van der Waals surface area contributed by atoms with Crippen molar-refractivity contribution in [2.75, 3.05) is 13.2 Å². The maximum atomic E-state index is 16.8. The normalized spacial score (nSPS) is 50.6. The molecule has 8 rings (SSSR count). The van der Waals surface area contributed by atoms with E-state index in [0.29, 0.717) is 30.4 Å². The molecule has 0 radical (unpaired) electrons. The summed E-state index contributed by atoms with van der Waals surface area (Å²) < 4.78 is 16.8. The molecule has 0 aromatic carbocycles. The predicted octanol–water partition coefficient (Wildman–Crippen LogP) is 2.34. The van der Waals surface area contributed by atoms with Gasteiger partial charge in [0.1, 0.15) is 13.2 Å². The second-order valence-corrected chi connectivity index (χ2v) is 18.7. The minimum atomic E-state index is -2.23. The highest BCUT2D eigenvalue weighted by Gasteiger charge is 2.76. The Bertz CT molecular complexity index is 1870. The Labute approximate surface area is 320 Å². The molecular formula is C43H55FO11. The minimum Gasteiger partial charge on any atom is -0.393 e. The second-order valence-electron chi connectivity index (χ2n) is 18.7. The maximum Gasteiger partial charge on any atom is 0.194 e. The fourth-order valence-corrected chi connectivity index (χ4v) is 13.8. The van der Waals surface area contributed by atoms with E-state index >= 15 is 4.39 Å². The van der Waals surface area contributed by atoms with Crippen molar-refractivity contribution in [3.8, 4) is 0 Å². The summed E-state index contributed by atoms with van der Waals surface area (Å²) in [5.74, 6) is -2.98. The number of aliphatic hydroxyl groups is 7. The third kappa shape index (κ3) is 4.91. The molecular weight excluding hydrogens is 711 g/mol. The number of Topliss-reactive ketones (excluding diaryl/α,β-unsaturated/α-hetero) is 2. The Hall–Kier alpha value is -2.97. The van der Waals surface area contributed by atoms with E-state index in [1.807, 2.05) is 13.0 Å². The zero-order valence-corrected chi connectivity index (χ0v) is 32.0. The van der Waals surface area contributed by atoms with E-state index in [2.05, 4.69) is 13.5 Å². The summed E-state index contributed by atoms with van der Waals surface area (Å²) in [5.41, 5.74) is -7.64. The first-order valence-electron chi connectivity index (χ1n) is 19.6. The molecule has 0 spiro atoms. The third-order valence-electron chi connectivity index (χ3n) is 16.7. The minimum absolute atomic E-state index is 0.00306. The molecule has 0 amide bonds. The van der Waals surface area contributed by atoms with E-state index in [1.165, 1.54) is 18.2 Å². The summed E-state index contributed by atoms with van der Waals surface area (Å²) in [7, 11) is 0. The van der Waals surface area contributed by atoms with Gasteiger partial charge in [-0.15, -0.1) is 0 Å². The summed E-state index contributed by atoms with van der Waals surface area (Å²) in [6.07, 6.45) is 8.80. The van der Waals surface area contributed by atoms with Crippen molar-refractivity contribution in [2.45, 2.75) is 114 Å². The number of alkyl halides is 1. The SMILES string of the molecule is C=C1C[C@H]2[C@@H]3CCC4=CC(=O)C=C[C@]4(C)[C@H]3[C@@H](O)C[C@]2(C)[C@@]1(O)C(=O)CO.C[C@]12C=CC(=O)C=C1CC[C@H]1[C@@H]3C[C@@H](O)[C@](O)(C(=O)CO)[C@@]3(C)C[C@H](O)[C@@]12F. The van der Waals surface area contributed by atoms with Crippen LogP contribution < -0.4 is 0 Å². The van der Waals surface area contributed by atoms with Crippen LogP contribution in [-0.2, 0) is 19.2 Å². The monoisotopic (exact) mass is 766 g/mol. The first-order valence-corrected chi connectivity index (χ1v) is 19.6. The number of fused-ring (bicyclic) bond motifs is 10. The Morgan fingerprint density at radius 1 is 0.800 bits per heavy atom. The molecule has 11 nitrogen and oxygen atoms in total. The maximum absolute atomic E-state index is 16.8. The fourth-order valence-electron chi connectivity index (χ4n) is 13.8. The smallest absolute Gasteiger partial charge is 0.194 e. The molecule has 55 heavy (non-hydrogen) atoms. The Balaban J connectivity index is 0.000000169. The van der Waals surface area contributed by atoms with E-state index < -0.39 is 88.0 Å². The molecule has 300 valence electrons. The topological polar surface area (TPSA) is 210 Å². The molecule has 12 heteroatoms. The lowest BCUT2D eigenvalue weighted by Gasteiger charge is -2.62. The number of carbonyl (C=O) groups excluding carboxylic acids is 4. The largest absolute Gasteiger partial charge is 0.393 e. The van der Waals surface area contributed by atoms with Crippen molar-refractivity contribution < 1.29 is 59.3 Å². The molecule has 0 aromatic rings. The summed E-state index contributed by atoms with van der Waals surface area (Å²) >= 11 is 0. The van der Waals surface area contributed by atoms with E-state index in [9.17, 15) is 54.9 Å². The van der Waals surface area contributed by atoms with Crippen LogP contribution in [0.15, 0.2) is 59.8 Å². The Kier molecular flexibility index (Phi) is 9.34. The molecule has 6 fully saturated rings. The Morgan fingerprint density at radius 2 is 1.40 bits per heavy atom. The number of rotatable bonds is 4. The third-order valence-corrected chi connectivity index (χ3v) is 16.7. The lowest BCUT2D eigenvalue weighted by molar-refractivity contribution is -0.222. The standard InChI is InChI=1S/C22H28O5.C21H27FO6/c1-12-8-16-15-5-4-13-9-14(24)6-7-20(13,2)19(15)17(25)10-21(16,3)22(12,27)18(26)11-23;1-18-6-5-12(24)7-11(18)3-4-13-14-8-15(25)21(28,17(27)10-23)19(14,2)9-16(26)20(13,18)22/h6-7,9,15-17,19,23,25,27H,1,4-5,8,10-11H2,2-3H3;5-7,13-16,23,25-26,28H,3-4,8-10H2,1-2H3/t15-,16-,17-,19+,20-,21-,22-;13-,14-,15+,16-,18-,19-,20-,21-/m00/s1. The molecule has 6 saturated carbocycles. The van der Waals surface area contributed by atoms with Gasteiger partial charge < -0.3 is 35.7 Å². The number of carbonyl (C=O) groups is 4. The van der Waals surface area contributed by atoms with Gasteiger partial charge >= 0.3 is 0 Å². The molecule has 0 bridgehead atoms. The molecule has 7 N–H and O–H groups in total. The molecule has 15 atom stereocenters. The number of aliphatic hydroxyl groups excluding tert-OH is 5. The van der Waals surface area contributed by atoms with Gasteiger partial charge in [-0.3, -0.25) is 19.2 Å². The first-order chi connectivity index (χ1) is 25.6. The van der Waals surface area contributed by atoms with Gasteiger partial charge in [0.05, 0.1) is 18.3 Å². The molecule has 0 heterocycles. The van der Waals surface area contributed by atoms with Crippen LogP contribution in [-0.4, -0.2) is 107 Å². The zero-order chi connectivity index (χ0) is 40.5. The van der Waals surface area contributed by atoms with Crippen molar-refractivity contribution >= 4 is 23.1 Å². The number of ketones is 4. The van der Waals surface area contributed by atoms with Crippen LogP contribution in [0.1, 0.15) is 79.1 Å². The van der Waals surface area contributed by atoms with Crippen LogP contribution in [0.4, 0.5) is 4.39 Å². The number of hydrogen-bond acceptors (Lipinski definition) is 11. The van der Waals surface area contributed by atoms with Gasteiger partial charge in [-0.2, -0.15) is 0 Å². The van der Waals surface area contributed by atoms with E-state index in [-0.39, 0.29) is 54.0 Å². The zero-order valence-electron chi connectivity index (χ0n) is 32.0. The predicted molar refractivity (Wildman–Crippen MR) is 196 cm³/mol. The molecule has 0 aromatic heterocycles. The van der Waals surface area contributed by atoms with Gasteiger partial charge in [0, 0.05) is 33.5 Å². The van der Waals surface area contributed by atoms with Crippen molar-refractivity contribution in [2.24, 2.45) is 51.2 Å². The van der Waals surface area contributed by atoms with E-state index in [1.54, 1.807) is 26.0 Å². The molecule has 0 saturated heterocycles. The van der Waals surface area contributed by atoms with Crippen molar-refractivity contribution in [1.29, 1.82) is 0 Å². The number of hydrogen-bond donors (Lipinski definition) is 7. The van der Waals surface area contributed by atoms with Crippen LogP contribution in [0.25, 0.3) is 0 Å². The highest BCUT2D eigenvalue weighted by atomic mass is 19.1. The number of halogens is 1. The number of allylic oxidation sites excluding steroid dienone is 8. The van der Waals surface area contributed by atoms with Gasteiger partial charge in [0.15, 0.2) is 40.0 Å². The van der Waals surface area contributed by atoms with Gasteiger partial charge in [-0.1, -0.05) is 50.6 Å². The summed E-state index contributed by atoms with van der Waals surface area (Å²) in [5, 5.41) is 74.1. The molecule has 0 aliphatic heterocycles. The van der Waals surface area contributed by atoms with Crippen LogP contribution in [0.3, 0.4) is 0 Å². The van der Waals surface area contributed by atoms with Crippen molar-refractivity contribution in [3.63, 3.8) is 0 Å². The van der Waals surface area contributed by atoms with E-state index in [0.717, 1.165) is 18.4 Å². The average Bonchev–Trinajstić information content (AvgIpc) is 3.47. The summed E-state index contributed by atoms with van der Waals surface area (Å²) in [6.45, 7) is 9.52. The first kappa shape index (κ1) is 40.2. The van der Waals surface area contributed by atoms with Crippen molar-refractivity contribution in [1.82, 2.24) is 0 Å². The second kappa shape index (κ2) is 12.8. The quantitative estimate of drug-likeness (QED) is 0.207. The van der Waals surface area contributed by atoms with Crippen LogP contribution in [0, 0.1) is 51.2 Å². The van der Waals surface area contributed by atoms with Gasteiger partial charge in [-0.05, 0) is 106 Å². The lowest BCUT2D eigenvalue weighted by Crippen LogP contribution is -2.69. The van der Waals surface area contributed by atoms with Crippen molar-refractivity contribution in [3.05, 3.63) is 59.8 Å². The highest BCUT2D eigenvalue weighted by molar-refractivity contribution is 6.02. The lowest BCUT2D eigenvalue weighted by atomic mass is 9.44. The highest BCUT2D eigenvalue weighted by Crippen LogP contribution is 2.70. The summed E-state index contributed by atoms with van der Waals surface area (Å²) in [6, 6.07) is 0. The van der Waals surface area contributed by atoms with Crippen LogP contribution >= 0.6 is 0 Å². The molecule has 8 aliphatic rings. The van der Waals surface area contributed by atoms with Gasteiger partial charge in [-0.25, -0.2) is 4.39 Å². The fraction of sp³-hybridized carbons (Fsp3) is 0.674.